The molecule has 1 aromatic carbocycles. The molecule has 1 rings (SSSR count). The first-order valence-electron chi connectivity index (χ1n) is 7.77. The Hall–Kier alpha value is -0.720. The lowest BCUT2D eigenvalue weighted by Crippen LogP contribution is -2.27. The minimum Gasteiger partial charge on any atom is -0.293 e. The fraction of sp³-hybridized carbons (Fsp3) is 0.526. The summed E-state index contributed by atoms with van der Waals surface area (Å²) >= 11 is 3.22. The van der Waals surface area contributed by atoms with Gasteiger partial charge in [-0.3, -0.25) is 4.79 Å². The molecular weight excluding hydrogens is 356 g/mol. The molecule has 0 aromatic heterocycles. The molecule has 22 heavy (non-hydrogen) atoms. The van der Waals surface area contributed by atoms with E-state index >= 15 is 0 Å². The topological polar surface area (TPSA) is 17.1 Å². The molecule has 0 aliphatic rings. The van der Waals surface area contributed by atoms with Gasteiger partial charge in [0.05, 0.1) is 5.33 Å². The van der Waals surface area contributed by atoms with Gasteiger partial charge in [-0.15, -0.1) is 0 Å². The summed E-state index contributed by atoms with van der Waals surface area (Å²) in [5.74, 6) is 3.46. The maximum atomic E-state index is 11.8. The number of Topliss-reactive ketones (excluding diaryl/α,β-unsaturated/α-hetero) is 1. The Balaban J connectivity index is 3.27. The van der Waals surface area contributed by atoms with Gasteiger partial charge in [0.1, 0.15) is 0 Å². The van der Waals surface area contributed by atoms with Crippen LogP contribution in [0.3, 0.4) is 0 Å². The third-order valence-corrected chi connectivity index (χ3v) is 9.66. The SMILES string of the molecule is CC(C)S(C#Cc1cccc(C(=O)CBr)c1)(C(C)C)C(C)C. The van der Waals surface area contributed by atoms with Gasteiger partial charge in [-0.1, -0.05) is 75.5 Å². The highest BCUT2D eigenvalue weighted by molar-refractivity contribution is 9.09. The molecule has 0 N–H and O–H groups in total. The van der Waals surface area contributed by atoms with Gasteiger partial charge in [0.15, 0.2) is 5.78 Å². The number of ketones is 1. The zero-order valence-corrected chi connectivity index (χ0v) is 16.8. The quantitative estimate of drug-likeness (QED) is 0.367. The summed E-state index contributed by atoms with van der Waals surface area (Å²) in [6, 6.07) is 7.66. The molecule has 0 bridgehead atoms. The minimum absolute atomic E-state index is 0.0961. The predicted octanol–water partition coefficient (Wildman–Crippen LogP) is 5.60. The standard InChI is InChI=1S/C19H27BrOS/c1-14(2)22(15(3)4,16(5)6)11-10-17-8-7-9-18(12-17)19(21)13-20/h7-9,12,14-16H,13H2,1-6H3. The van der Waals surface area contributed by atoms with Crippen LogP contribution in [0.1, 0.15) is 57.5 Å². The highest BCUT2D eigenvalue weighted by atomic mass is 79.9. The largest absolute Gasteiger partial charge is 0.293 e. The number of rotatable bonds is 5. The van der Waals surface area contributed by atoms with Crippen LogP contribution < -0.4 is 0 Å². The van der Waals surface area contributed by atoms with E-state index in [2.05, 4.69) is 68.6 Å². The van der Waals surface area contributed by atoms with Crippen LogP contribution in [0.2, 0.25) is 0 Å². The molecule has 1 aromatic rings. The van der Waals surface area contributed by atoms with Crippen molar-refractivity contribution in [2.45, 2.75) is 57.3 Å². The van der Waals surface area contributed by atoms with E-state index < -0.39 is 10.0 Å². The number of hydrogen-bond donors (Lipinski definition) is 0. The van der Waals surface area contributed by atoms with Crippen molar-refractivity contribution in [1.29, 1.82) is 0 Å². The Labute approximate surface area is 145 Å². The maximum Gasteiger partial charge on any atom is 0.173 e. The summed E-state index contributed by atoms with van der Waals surface area (Å²) < 4.78 is 0. The molecule has 0 aliphatic heterocycles. The maximum absolute atomic E-state index is 11.8. The predicted molar refractivity (Wildman–Crippen MR) is 104 cm³/mol. The van der Waals surface area contributed by atoms with Crippen molar-refractivity contribution in [3.8, 4) is 11.2 Å². The Morgan fingerprint density at radius 2 is 1.64 bits per heavy atom. The average molecular weight is 383 g/mol. The van der Waals surface area contributed by atoms with Crippen molar-refractivity contribution in [3.63, 3.8) is 0 Å². The molecule has 0 saturated carbocycles. The molecule has 0 heterocycles. The lowest BCUT2D eigenvalue weighted by molar-refractivity contribution is 0.102. The zero-order valence-electron chi connectivity index (χ0n) is 14.4. The van der Waals surface area contributed by atoms with Crippen LogP contribution >= 0.6 is 26.0 Å². The summed E-state index contributed by atoms with van der Waals surface area (Å²) in [4.78, 5) is 11.8. The van der Waals surface area contributed by atoms with Gasteiger partial charge in [-0.05, 0) is 33.1 Å². The number of benzene rings is 1. The van der Waals surface area contributed by atoms with E-state index in [1.165, 1.54) is 0 Å². The molecule has 3 heteroatoms. The monoisotopic (exact) mass is 382 g/mol. The van der Waals surface area contributed by atoms with Gasteiger partial charge in [-0.25, -0.2) is 0 Å². The minimum atomic E-state index is -1.04. The summed E-state index contributed by atoms with van der Waals surface area (Å²) in [5, 5.41) is 5.68. The van der Waals surface area contributed by atoms with E-state index in [-0.39, 0.29) is 5.78 Å². The van der Waals surface area contributed by atoms with Crippen molar-refractivity contribution < 1.29 is 4.79 Å². The van der Waals surface area contributed by atoms with Crippen LogP contribution in [0.4, 0.5) is 0 Å². The highest BCUT2D eigenvalue weighted by Crippen LogP contribution is 2.59. The number of carbonyl (C=O) groups is 1. The molecule has 0 fully saturated rings. The van der Waals surface area contributed by atoms with Gasteiger partial charge >= 0.3 is 0 Å². The first-order valence-corrected chi connectivity index (χ1v) is 10.7. The Morgan fingerprint density at radius 1 is 1.09 bits per heavy atom. The molecular formula is C19H27BrOS. The van der Waals surface area contributed by atoms with Crippen molar-refractivity contribution >= 4 is 31.7 Å². The van der Waals surface area contributed by atoms with Crippen LogP contribution in [0.5, 0.6) is 0 Å². The molecule has 1 nitrogen and oxygen atoms in total. The van der Waals surface area contributed by atoms with Crippen molar-refractivity contribution in [3.05, 3.63) is 35.4 Å². The molecule has 0 unspecified atom stereocenters. The molecule has 0 radical (unpaired) electrons. The lowest BCUT2D eigenvalue weighted by Gasteiger charge is -2.46. The fourth-order valence-corrected chi connectivity index (χ4v) is 7.57. The Morgan fingerprint density at radius 3 is 2.09 bits per heavy atom. The number of alkyl halides is 1. The third kappa shape index (κ3) is 4.18. The first kappa shape index (κ1) is 19.3. The van der Waals surface area contributed by atoms with Crippen molar-refractivity contribution in [1.82, 2.24) is 0 Å². The van der Waals surface area contributed by atoms with E-state index in [0.29, 0.717) is 21.1 Å². The smallest absolute Gasteiger partial charge is 0.173 e. The fourth-order valence-electron chi connectivity index (χ4n) is 2.98. The molecule has 0 saturated heterocycles. The molecule has 122 valence electrons. The van der Waals surface area contributed by atoms with E-state index in [0.717, 1.165) is 11.1 Å². The molecule has 0 aliphatic carbocycles. The average Bonchev–Trinajstić information content (AvgIpc) is 2.46. The normalized spacial score (nSPS) is 12.5. The lowest BCUT2D eigenvalue weighted by atomic mass is 10.1. The van der Waals surface area contributed by atoms with E-state index in [1.807, 2.05) is 24.3 Å². The summed E-state index contributed by atoms with van der Waals surface area (Å²) in [6.07, 6.45) is 0. The van der Waals surface area contributed by atoms with Gasteiger partial charge in [-0.2, -0.15) is 10.0 Å². The first-order chi connectivity index (χ1) is 10.3. The van der Waals surface area contributed by atoms with Gasteiger partial charge in [0.25, 0.3) is 0 Å². The van der Waals surface area contributed by atoms with Crippen LogP contribution in [0.15, 0.2) is 24.3 Å². The second kappa shape index (κ2) is 8.22. The van der Waals surface area contributed by atoms with Crippen LogP contribution in [0.25, 0.3) is 0 Å². The van der Waals surface area contributed by atoms with E-state index in [1.54, 1.807) is 0 Å². The number of carbonyl (C=O) groups excluding carboxylic acids is 1. The summed E-state index contributed by atoms with van der Waals surface area (Å²) in [7, 11) is -1.04. The highest BCUT2D eigenvalue weighted by Gasteiger charge is 2.32. The Kier molecular flexibility index (Phi) is 7.22. The van der Waals surface area contributed by atoms with Crippen LogP contribution in [-0.2, 0) is 0 Å². The number of halogens is 1. The summed E-state index contributed by atoms with van der Waals surface area (Å²) in [5.41, 5.74) is 1.66. The third-order valence-electron chi connectivity index (χ3n) is 4.02. The van der Waals surface area contributed by atoms with Crippen molar-refractivity contribution in [2.24, 2.45) is 0 Å². The van der Waals surface area contributed by atoms with E-state index in [4.69, 9.17) is 0 Å². The van der Waals surface area contributed by atoms with Crippen LogP contribution in [-0.4, -0.2) is 26.9 Å². The van der Waals surface area contributed by atoms with Crippen LogP contribution in [0, 0.1) is 11.2 Å². The molecule has 0 amide bonds. The van der Waals surface area contributed by atoms with Gasteiger partial charge < -0.3 is 0 Å². The molecule has 0 spiro atoms. The van der Waals surface area contributed by atoms with Gasteiger partial charge in [0, 0.05) is 11.1 Å². The Bertz CT molecular complexity index is 557. The summed E-state index contributed by atoms with van der Waals surface area (Å²) in [6.45, 7) is 13.7. The van der Waals surface area contributed by atoms with E-state index in [9.17, 15) is 4.79 Å². The number of hydrogen-bond acceptors (Lipinski definition) is 1. The van der Waals surface area contributed by atoms with Gasteiger partial charge in [0.2, 0.25) is 0 Å². The molecule has 0 atom stereocenters. The zero-order chi connectivity index (χ0) is 16.9. The van der Waals surface area contributed by atoms with Crippen molar-refractivity contribution in [2.75, 3.05) is 5.33 Å². The second-order valence-corrected chi connectivity index (χ2v) is 11.4. The second-order valence-electron chi connectivity index (χ2n) is 6.27.